The second kappa shape index (κ2) is 6.27. The molecule has 0 atom stereocenters. The first kappa shape index (κ1) is 15.3. The molecule has 23 heavy (non-hydrogen) atoms. The van der Waals surface area contributed by atoms with Gasteiger partial charge in [0.15, 0.2) is 0 Å². The normalized spacial score (nSPS) is 10.5. The molecule has 114 valence electrons. The molecule has 0 amide bonds. The summed E-state index contributed by atoms with van der Waals surface area (Å²) in [4.78, 5) is 4.82. The van der Waals surface area contributed by atoms with Gasteiger partial charge in [-0.1, -0.05) is 54.6 Å². The smallest absolute Gasteiger partial charge is 0.138 e. The quantitative estimate of drug-likeness (QED) is 0.468. The number of nitrogens with zero attached hydrogens (tertiary/aromatic N) is 1. The Hall–Kier alpha value is -2.58. The molecule has 0 radical (unpaired) electrons. The van der Waals surface area contributed by atoms with Gasteiger partial charge in [0.2, 0.25) is 0 Å². The molecule has 1 aromatic heterocycles. The summed E-state index contributed by atoms with van der Waals surface area (Å²) < 4.78 is 0. The molecule has 0 unspecified atom stereocenters. The van der Waals surface area contributed by atoms with Gasteiger partial charge in [0.25, 0.3) is 0 Å². The van der Waals surface area contributed by atoms with E-state index in [4.69, 9.17) is 4.98 Å². The third kappa shape index (κ3) is 2.86. The van der Waals surface area contributed by atoms with E-state index in [1.54, 1.807) is 0 Å². The minimum Gasteiger partial charge on any atom is -0.340 e. The number of hydrogen-bond acceptors (Lipinski definition) is 2. The Bertz CT molecular complexity index is 979. The predicted octanol–water partition coefficient (Wildman–Crippen LogP) is 5.86. The van der Waals surface area contributed by atoms with Crippen LogP contribution < -0.4 is 5.32 Å². The van der Waals surface area contributed by atoms with Gasteiger partial charge in [0, 0.05) is 16.5 Å². The highest BCUT2D eigenvalue weighted by atomic mass is 35.5. The Kier molecular flexibility index (Phi) is 4.18. The fourth-order valence-electron chi connectivity index (χ4n) is 2.86. The van der Waals surface area contributed by atoms with Gasteiger partial charge in [-0.25, -0.2) is 4.98 Å². The van der Waals surface area contributed by atoms with Gasteiger partial charge in [0.05, 0.1) is 5.52 Å². The maximum atomic E-state index is 4.82. The van der Waals surface area contributed by atoms with Crippen molar-refractivity contribution in [1.29, 1.82) is 0 Å². The fraction of sp³-hybridized carbons (Fsp3) is 0.0500. The number of benzene rings is 3. The van der Waals surface area contributed by atoms with Crippen LogP contribution in [0, 0.1) is 6.92 Å². The van der Waals surface area contributed by atoms with Gasteiger partial charge in [-0.15, -0.1) is 12.4 Å². The standard InChI is InChI=1S/C20H16N2.ClH/c1-14-7-6-8-15(13-14)21-20-18-11-3-2-9-16(18)17-10-4-5-12-19(17)22-20;/h2-13H,1H3,(H,21,22);1H. The zero-order chi connectivity index (χ0) is 14.9. The molecule has 4 aromatic rings. The van der Waals surface area contributed by atoms with Crippen LogP contribution >= 0.6 is 12.4 Å². The van der Waals surface area contributed by atoms with Gasteiger partial charge in [-0.05, 0) is 36.1 Å². The van der Waals surface area contributed by atoms with Crippen molar-refractivity contribution in [1.82, 2.24) is 4.98 Å². The summed E-state index contributed by atoms with van der Waals surface area (Å²) in [7, 11) is 0. The average Bonchev–Trinajstić information content (AvgIpc) is 2.55. The second-order valence-electron chi connectivity index (χ2n) is 5.52. The minimum absolute atomic E-state index is 0. The number of para-hydroxylation sites is 1. The molecule has 0 saturated carbocycles. The van der Waals surface area contributed by atoms with Crippen molar-refractivity contribution in [2.45, 2.75) is 6.92 Å². The molecule has 0 aliphatic rings. The van der Waals surface area contributed by atoms with Gasteiger partial charge < -0.3 is 5.32 Å². The summed E-state index contributed by atoms with van der Waals surface area (Å²) in [5.41, 5.74) is 3.30. The largest absolute Gasteiger partial charge is 0.340 e. The number of anilines is 2. The van der Waals surface area contributed by atoms with Crippen LogP contribution in [0.25, 0.3) is 21.7 Å². The highest BCUT2D eigenvalue weighted by Crippen LogP contribution is 2.30. The van der Waals surface area contributed by atoms with E-state index in [1.165, 1.54) is 16.3 Å². The lowest BCUT2D eigenvalue weighted by molar-refractivity contribution is 1.38. The fourth-order valence-corrected chi connectivity index (χ4v) is 2.86. The maximum absolute atomic E-state index is 4.82. The third-order valence-corrected chi connectivity index (χ3v) is 3.89. The van der Waals surface area contributed by atoms with Crippen LogP contribution in [0.1, 0.15) is 5.56 Å². The molecular weight excluding hydrogens is 304 g/mol. The minimum atomic E-state index is 0. The van der Waals surface area contributed by atoms with E-state index in [2.05, 4.69) is 79.0 Å². The molecule has 4 rings (SSSR count). The number of hydrogen-bond donors (Lipinski definition) is 1. The Morgan fingerprint density at radius 1 is 0.739 bits per heavy atom. The maximum Gasteiger partial charge on any atom is 0.138 e. The molecule has 0 spiro atoms. The topological polar surface area (TPSA) is 24.9 Å². The van der Waals surface area contributed by atoms with E-state index >= 15 is 0 Å². The number of aryl methyl sites for hydroxylation is 1. The summed E-state index contributed by atoms with van der Waals surface area (Å²) in [5, 5.41) is 7.02. The first-order valence-electron chi connectivity index (χ1n) is 7.42. The van der Waals surface area contributed by atoms with Gasteiger partial charge in [-0.2, -0.15) is 0 Å². The first-order chi connectivity index (χ1) is 10.8. The van der Waals surface area contributed by atoms with Crippen LogP contribution in [0.15, 0.2) is 72.8 Å². The molecule has 0 aliphatic carbocycles. The van der Waals surface area contributed by atoms with Crippen LogP contribution in [-0.4, -0.2) is 4.98 Å². The predicted molar refractivity (Wildman–Crippen MR) is 101 cm³/mol. The lowest BCUT2D eigenvalue weighted by Gasteiger charge is -2.12. The molecule has 1 heterocycles. The van der Waals surface area contributed by atoms with Crippen LogP contribution in [0.5, 0.6) is 0 Å². The molecule has 3 aromatic carbocycles. The Morgan fingerprint density at radius 2 is 1.43 bits per heavy atom. The number of aromatic nitrogens is 1. The van der Waals surface area contributed by atoms with E-state index < -0.39 is 0 Å². The lowest BCUT2D eigenvalue weighted by Crippen LogP contribution is -1.96. The number of nitrogens with one attached hydrogen (secondary N) is 1. The van der Waals surface area contributed by atoms with Crippen molar-refractivity contribution in [2.24, 2.45) is 0 Å². The molecule has 0 aliphatic heterocycles. The molecular formula is C20H17ClN2. The third-order valence-electron chi connectivity index (χ3n) is 3.89. The highest BCUT2D eigenvalue weighted by molar-refractivity contribution is 6.10. The van der Waals surface area contributed by atoms with E-state index in [1.807, 2.05) is 6.07 Å². The highest BCUT2D eigenvalue weighted by Gasteiger charge is 2.07. The SMILES string of the molecule is Cc1cccc(Nc2nc3ccccc3c3ccccc23)c1.Cl. The van der Waals surface area contributed by atoms with Crippen molar-refractivity contribution in [3.63, 3.8) is 0 Å². The Labute approximate surface area is 141 Å². The van der Waals surface area contributed by atoms with Crippen LogP contribution in [-0.2, 0) is 0 Å². The Morgan fingerprint density at radius 3 is 2.22 bits per heavy atom. The summed E-state index contributed by atoms with van der Waals surface area (Å²) in [6.45, 7) is 2.09. The van der Waals surface area contributed by atoms with E-state index in [9.17, 15) is 0 Å². The van der Waals surface area contributed by atoms with Crippen LogP contribution in [0.3, 0.4) is 0 Å². The van der Waals surface area contributed by atoms with Crippen molar-refractivity contribution in [3.8, 4) is 0 Å². The zero-order valence-electron chi connectivity index (χ0n) is 12.8. The van der Waals surface area contributed by atoms with Gasteiger partial charge in [0.1, 0.15) is 5.82 Å². The van der Waals surface area contributed by atoms with E-state index in [-0.39, 0.29) is 12.4 Å². The average molecular weight is 321 g/mol. The summed E-state index contributed by atoms with van der Waals surface area (Å²) >= 11 is 0. The molecule has 3 heteroatoms. The van der Waals surface area contributed by atoms with E-state index in [0.717, 1.165) is 22.4 Å². The molecule has 0 fully saturated rings. The zero-order valence-corrected chi connectivity index (χ0v) is 13.6. The number of fused-ring (bicyclic) bond motifs is 3. The summed E-state index contributed by atoms with van der Waals surface area (Å²) in [6.07, 6.45) is 0. The number of rotatable bonds is 2. The van der Waals surface area contributed by atoms with Gasteiger partial charge >= 0.3 is 0 Å². The first-order valence-corrected chi connectivity index (χ1v) is 7.42. The lowest BCUT2D eigenvalue weighted by atomic mass is 10.1. The van der Waals surface area contributed by atoms with Gasteiger partial charge in [-0.3, -0.25) is 0 Å². The van der Waals surface area contributed by atoms with Crippen LogP contribution in [0.2, 0.25) is 0 Å². The molecule has 1 N–H and O–H groups in total. The molecule has 0 bridgehead atoms. The van der Waals surface area contributed by atoms with Crippen molar-refractivity contribution < 1.29 is 0 Å². The van der Waals surface area contributed by atoms with Crippen molar-refractivity contribution in [2.75, 3.05) is 5.32 Å². The van der Waals surface area contributed by atoms with Crippen molar-refractivity contribution >= 4 is 45.6 Å². The molecule has 2 nitrogen and oxygen atoms in total. The number of pyridine rings is 1. The summed E-state index contributed by atoms with van der Waals surface area (Å²) in [6, 6.07) is 25.0. The monoisotopic (exact) mass is 320 g/mol. The number of halogens is 1. The van der Waals surface area contributed by atoms with Crippen LogP contribution in [0.4, 0.5) is 11.5 Å². The van der Waals surface area contributed by atoms with Crippen molar-refractivity contribution in [3.05, 3.63) is 78.4 Å². The molecule has 0 saturated heterocycles. The summed E-state index contributed by atoms with van der Waals surface area (Å²) in [5.74, 6) is 0.903. The van der Waals surface area contributed by atoms with E-state index in [0.29, 0.717) is 0 Å². The Balaban J connectivity index is 0.00000156. The second-order valence-corrected chi connectivity index (χ2v) is 5.52.